The Morgan fingerprint density at radius 2 is 1.18 bits per heavy atom. The molecule has 2 N–H and O–H groups in total. The highest BCUT2D eigenvalue weighted by Crippen LogP contribution is 2.13. The summed E-state index contributed by atoms with van der Waals surface area (Å²) < 4.78 is 0. The van der Waals surface area contributed by atoms with Crippen LogP contribution in [0.25, 0.3) is 0 Å². The van der Waals surface area contributed by atoms with Gasteiger partial charge in [0, 0.05) is 51.4 Å². The van der Waals surface area contributed by atoms with Crippen LogP contribution in [0.3, 0.4) is 0 Å². The van der Waals surface area contributed by atoms with Crippen molar-refractivity contribution in [3.8, 4) is 0 Å². The lowest BCUT2D eigenvalue weighted by molar-refractivity contribution is -0.197. The van der Waals surface area contributed by atoms with Crippen molar-refractivity contribution >= 4 is 48.1 Å². The lowest BCUT2D eigenvalue weighted by Gasteiger charge is -2.12. The third-order valence-corrected chi connectivity index (χ3v) is 4.14. The summed E-state index contributed by atoms with van der Waals surface area (Å²) in [4.78, 5) is 88.0. The van der Waals surface area contributed by atoms with Crippen molar-refractivity contribution in [1.29, 1.82) is 0 Å². The average Bonchev–Trinajstić information content (AvgIpc) is 3.25. The number of aliphatic carboxylic acids is 1. The first kappa shape index (κ1) is 29.5. The molecule has 0 bridgehead atoms. The predicted molar refractivity (Wildman–Crippen MR) is 107 cm³/mol. The maximum absolute atomic E-state index is 11.2. The number of hydrogen-bond acceptors (Lipinski definition) is 10. The van der Waals surface area contributed by atoms with Crippen LogP contribution in [0.2, 0.25) is 0 Å². The highest BCUT2D eigenvalue weighted by Gasteiger charge is 2.32. The number of imide groups is 2. The van der Waals surface area contributed by atoms with Crippen LogP contribution >= 0.6 is 0 Å². The molecule has 2 fully saturated rings. The van der Waals surface area contributed by atoms with Crippen molar-refractivity contribution in [3.63, 3.8) is 0 Å². The third kappa shape index (κ3) is 13.5. The van der Waals surface area contributed by atoms with Crippen LogP contribution in [0.5, 0.6) is 0 Å². The highest BCUT2D eigenvalue weighted by atomic mass is 16.7. The molecule has 0 aromatic heterocycles. The van der Waals surface area contributed by atoms with Crippen LogP contribution in [0, 0.1) is 0 Å². The van der Waals surface area contributed by atoms with E-state index >= 15 is 0 Å². The van der Waals surface area contributed by atoms with E-state index in [2.05, 4.69) is 4.84 Å². The fraction of sp³-hybridized carbons (Fsp3) is 0.600. The standard InChI is InChI=1S/C10H13NO5.C6H10O3.C4H5NO3/c12-7-3-1-2-4-10(15)16-11-8(13)5-6-9(11)14;7-5-3-1-2-4-6(8)9;6-3-1-2-4(7)5(3)8/h7H,1-6H2;5H,1-4H2,(H,8,9);8H,1-2H2. The second-order valence-electron chi connectivity index (χ2n) is 6.86. The summed E-state index contributed by atoms with van der Waals surface area (Å²) in [5.41, 5.74) is 0. The number of carboxylic acids is 1. The number of aldehydes is 2. The number of amides is 4. The minimum atomic E-state index is -0.791. The van der Waals surface area contributed by atoms with Crippen molar-refractivity contribution < 1.29 is 53.5 Å². The molecule has 2 saturated heterocycles. The number of unbranched alkanes of at least 4 members (excludes halogenated alkanes) is 4. The van der Waals surface area contributed by atoms with E-state index in [1.165, 1.54) is 0 Å². The number of hydroxylamine groups is 4. The van der Waals surface area contributed by atoms with Crippen LogP contribution in [0.4, 0.5) is 0 Å². The smallest absolute Gasteiger partial charge is 0.333 e. The monoisotopic (exact) mass is 472 g/mol. The van der Waals surface area contributed by atoms with Gasteiger partial charge in [0.25, 0.3) is 23.6 Å². The van der Waals surface area contributed by atoms with Gasteiger partial charge in [-0.15, -0.1) is 5.06 Å². The molecule has 0 unspecified atom stereocenters. The second kappa shape index (κ2) is 17.1. The lowest BCUT2D eigenvalue weighted by atomic mass is 10.2. The molecule has 0 radical (unpaired) electrons. The predicted octanol–water partition coefficient (Wildman–Crippen LogP) is 0.708. The Morgan fingerprint density at radius 3 is 1.55 bits per heavy atom. The van der Waals surface area contributed by atoms with Crippen molar-refractivity contribution in [2.24, 2.45) is 0 Å². The quantitative estimate of drug-likeness (QED) is 0.186. The van der Waals surface area contributed by atoms with E-state index in [-0.39, 0.29) is 43.6 Å². The van der Waals surface area contributed by atoms with Gasteiger partial charge in [0.1, 0.15) is 12.6 Å². The third-order valence-electron chi connectivity index (χ3n) is 4.14. The summed E-state index contributed by atoms with van der Waals surface area (Å²) in [5, 5.41) is 17.2. The minimum absolute atomic E-state index is 0.0945. The Labute approximate surface area is 189 Å². The van der Waals surface area contributed by atoms with Crippen LogP contribution in [0.15, 0.2) is 0 Å². The molecule has 2 heterocycles. The van der Waals surface area contributed by atoms with Crippen LogP contribution in [0.1, 0.15) is 77.0 Å². The number of hydrogen-bond donors (Lipinski definition) is 2. The van der Waals surface area contributed by atoms with Crippen LogP contribution < -0.4 is 0 Å². The summed E-state index contributed by atoms with van der Waals surface area (Å²) in [6, 6.07) is 0. The maximum Gasteiger partial charge on any atom is 0.333 e. The van der Waals surface area contributed by atoms with Gasteiger partial charge in [-0.05, 0) is 25.7 Å². The zero-order valence-corrected chi connectivity index (χ0v) is 18.1. The summed E-state index contributed by atoms with van der Waals surface area (Å²) in [6.45, 7) is 0. The van der Waals surface area contributed by atoms with E-state index in [0.717, 1.165) is 12.6 Å². The zero-order chi connectivity index (χ0) is 25.2. The number of carbonyl (C=O) groups is 8. The molecule has 184 valence electrons. The SMILES string of the molecule is O=C1CCC(=O)N1O.O=CCCCCC(=O)O.O=CCCCCC(=O)ON1C(=O)CCC1=O. The maximum atomic E-state index is 11.2. The molecule has 0 saturated carbocycles. The Balaban J connectivity index is 0.000000510. The summed E-state index contributed by atoms with van der Waals surface area (Å²) in [7, 11) is 0. The summed E-state index contributed by atoms with van der Waals surface area (Å²) in [6.07, 6.45) is 5.62. The van der Waals surface area contributed by atoms with Crippen molar-refractivity contribution in [3.05, 3.63) is 0 Å². The van der Waals surface area contributed by atoms with Gasteiger partial charge in [-0.2, -0.15) is 5.06 Å². The molecular weight excluding hydrogens is 444 g/mol. The molecule has 0 spiro atoms. The number of carbonyl (C=O) groups excluding carboxylic acids is 7. The van der Waals surface area contributed by atoms with Crippen molar-refractivity contribution in [2.45, 2.75) is 77.0 Å². The number of nitrogens with zero attached hydrogens (tertiary/aromatic N) is 2. The second-order valence-corrected chi connectivity index (χ2v) is 6.86. The summed E-state index contributed by atoms with van der Waals surface area (Å²) in [5.74, 6) is -3.38. The van der Waals surface area contributed by atoms with E-state index in [0.29, 0.717) is 43.6 Å². The molecule has 0 aliphatic carbocycles. The van der Waals surface area contributed by atoms with Gasteiger partial charge >= 0.3 is 11.9 Å². The van der Waals surface area contributed by atoms with Gasteiger partial charge in [0.15, 0.2) is 0 Å². The topological polar surface area (TPSA) is 193 Å². The van der Waals surface area contributed by atoms with E-state index < -0.39 is 35.6 Å². The molecule has 0 atom stereocenters. The first-order valence-corrected chi connectivity index (χ1v) is 10.3. The first-order chi connectivity index (χ1) is 15.6. The normalized spacial score (nSPS) is 14.8. The van der Waals surface area contributed by atoms with Gasteiger partial charge < -0.3 is 19.5 Å². The van der Waals surface area contributed by atoms with Crippen molar-refractivity contribution in [1.82, 2.24) is 10.1 Å². The molecule has 13 nitrogen and oxygen atoms in total. The first-order valence-electron chi connectivity index (χ1n) is 10.3. The molecule has 2 aliphatic rings. The number of rotatable bonds is 11. The molecule has 0 aromatic carbocycles. The fourth-order valence-electron chi connectivity index (χ4n) is 2.37. The molecule has 0 aromatic rings. The Morgan fingerprint density at radius 1 is 0.758 bits per heavy atom. The molecule has 2 rings (SSSR count). The van der Waals surface area contributed by atoms with Gasteiger partial charge in [0.05, 0.1) is 0 Å². The molecule has 4 amide bonds. The molecular formula is C20H28N2O11. The van der Waals surface area contributed by atoms with E-state index in [1.54, 1.807) is 0 Å². The zero-order valence-electron chi connectivity index (χ0n) is 18.1. The minimum Gasteiger partial charge on any atom is -0.481 e. The van der Waals surface area contributed by atoms with E-state index in [1.807, 2.05) is 0 Å². The fourth-order valence-corrected chi connectivity index (χ4v) is 2.37. The Kier molecular flexibility index (Phi) is 15.3. The largest absolute Gasteiger partial charge is 0.481 e. The number of carboxylic acid groups (broad SMARTS) is 1. The van der Waals surface area contributed by atoms with E-state index in [9.17, 15) is 38.4 Å². The van der Waals surface area contributed by atoms with Crippen LogP contribution in [-0.2, 0) is 43.2 Å². The molecule has 33 heavy (non-hydrogen) atoms. The average molecular weight is 472 g/mol. The van der Waals surface area contributed by atoms with E-state index in [4.69, 9.17) is 10.3 Å². The molecule has 13 heteroatoms. The lowest BCUT2D eigenvalue weighted by Crippen LogP contribution is -2.31. The highest BCUT2D eigenvalue weighted by molar-refractivity contribution is 6.01. The van der Waals surface area contributed by atoms with Gasteiger partial charge in [-0.1, -0.05) is 0 Å². The van der Waals surface area contributed by atoms with Crippen LogP contribution in [-0.4, -0.2) is 68.6 Å². The van der Waals surface area contributed by atoms with Gasteiger partial charge in [-0.25, -0.2) is 4.79 Å². The summed E-state index contributed by atoms with van der Waals surface area (Å²) >= 11 is 0. The van der Waals surface area contributed by atoms with Crippen molar-refractivity contribution in [2.75, 3.05) is 0 Å². The van der Waals surface area contributed by atoms with Gasteiger partial charge in [0.2, 0.25) is 0 Å². The molecule has 2 aliphatic heterocycles. The van der Waals surface area contributed by atoms with Gasteiger partial charge in [-0.3, -0.25) is 29.2 Å². The Bertz CT molecular complexity index is 704. The Hall–Kier alpha value is -3.48.